The third-order valence-corrected chi connectivity index (χ3v) is 15.1. The summed E-state index contributed by atoms with van der Waals surface area (Å²) in [7, 11) is -2.72. The van der Waals surface area contributed by atoms with Gasteiger partial charge in [0.15, 0.2) is 0 Å². The minimum atomic E-state index is -2.72. The van der Waals surface area contributed by atoms with Gasteiger partial charge in [-0.05, 0) is 73.0 Å². The normalized spacial score (nSPS) is 29.8. The molecule has 4 nitrogen and oxygen atoms in total. The maximum atomic E-state index is 13.3. The van der Waals surface area contributed by atoms with E-state index in [0.29, 0.717) is 5.56 Å². The molecule has 230 valence electrons. The molecule has 2 aliphatic heterocycles. The lowest BCUT2D eigenvalue weighted by molar-refractivity contribution is -0.112. The van der Waals surface area contributed by atoms with Crippen molar-refractivity contribution < 1.29 is 18.7 Å². The zero-order valence-electron chi connectivity index (χ0n) is 26.7. The topological polar surface area (TPSA) is 44.8 Å². The van der Waals surface area contributed by atoms with E-state index in [1.54, 1.807) is 0 Å². The van der Waals surface area contributed by atoms with E-state index in [-0.39, 0.29) is 41.2 Å². The zero-order chi connectivity index (χ0) is 31.0. The van der Waals surface area contributed by atoms with Crippen molar-refractivity contribution in [2.75, 3.05) is 0 Å². The molecule has 1 fully saturated rings. The van der Waals surface area contributed by atoms with Gasteiger partial charge in [-0.25, -0.2) is 4.79 Å². The Hall–Kier alpha value is -3.25. The summed E-state index contributed by atoms with van der Waals surface area (Å²) in [4.78, 5) is 13.3. The van der Waals surface area contributed by atoms with Crippen molar-refractivity contribution in [1.82, 2.24) is 0 Å². The van der Waals surface area contributed by atoms with Crippen molar-refractivity contribution in [3.05, 3.63) is 120 Å². The van der Waals surface area contributed by atoms with E-state index in [1.165, 1.54) is 15.9 Å². The molecular formula is C39H46O4Si. The summed E-state index contributed by atoms with van der Waals surface area (Å²) in [6.07, 6.45) is 10.1. The lowest BCUT2D eigenvalue weighted by Gasteiger charge is -2.46. The van der Waals surface area contributed by atoms with Gasteiger partial charge in [-0.1, -0.05) is 123 Å². The SMILES string of the molecule is C/C1=C/CC[C@@](C)(OC(=O)c2ccccc2)[C@@H]2O[C@H](C1)[C@H]1C[C@@H](O[Si](c3ccccc3)(c3ccccc3)C(C)(C)C)C=C[C@H]12. The Morgan fingerprint density at radius 3 is 2.07 bits per heavy atom. The van der Waals surface area contributed by atoms with Gasteiger partial charge in [-0.2, -0.15) is 0 Å². The third-order valence-electron chi connectivity index (χ3n) is 10.0. The molecule has 0 radical (unpaired) electrons. The van der Waals surface area contributed by atoms with Crippen LogP contribution in [-0.4, -0.2) is 38.2 Å². The predicted octanol–water partition coefficient (Wildman–Crippen LogP) is 7.64. The quantitative estimate of drug-likeness (QED) is 0.164. The van der Waals surface area contributed by atoms with Crippen LogP contribution in [0.1, 0.15) is 70.7 Å². The van der Waals surface area contributed by atoms with Crippen molar-refractivity contribution in [2.45, 2.75) is 89.3 Å². The number of ether oxygens (including phenoxy) is 2. The smallest absolute Gasteiger partial charge is 0.338 e. The second kappa shape index (κ2) is 12.3. The van der Waals surface area contributed by atoms with E-state index in [9.17, 15) is 4.79 Å². The third kappa shape index (κ3) is 5.78. The molecule has 0 aromatic heterocycles. The number of fused-ring (bicyclic) bond motifs is 5. The number of carbonyl (C=O) groups is 1. The Morgan fingerprint density at radius 2 is 1.48 bits per heavy atom. The van der Waals surface area contributed by atoms with Crippen LogP contribution in [0, 0.1) is 11.8 Å². The molecule has 0 N–H and O–H groups in total. The van der Waals surface area contributed by atoms with Gasteiger partial charge in [-0.3, -0.25) is 0 Å². The van der Waals surface area contributed by atoms with Crippen LogP contribution in [0.2, 0.25) is 5.04 Å². The minimum Gasteiger partial charge on any atom is -0.453 e. The molecule has 1 aliphatic carbocycles. The van der Waals surface area contributed by atoms with Crippen LogP contribution >= 0.6 is 0 Å². The molecule has 6 rings (SSSR count). The highest BCUT2D eigenvalue weighted by atomic mass is 28.4. The second-order valence-corrected chi connectivity index (χ2v) is 18.4. The summed E-state index contributed by atoms with van der Waals surface area (Å²) in [6, 6.07) is 31.0. The van der Waals surface area contributed by atoms with Gasteiger partial charge in [0.05, 0.1) is 17.8 Å². The molecule has 3 aromatic carbocycles. The molecule has 1 saturated heterocycles. The van der Waals surface area contributed by atoms with E-state index in [2.05, 4.69) is 114 Å². The number of allylic oxidation sites excluding steroid dienone is 1. The highest BCUT2D eigenvalue weighted by molar-refractivity contribution is 6.99. The van der Waals surface area contributed by atoms with E-state index >= 15 is 0 Å². The molecular weight excluding hydrogens is 561 g/mol. The molecule has 0 unspecified atom stereocenters. The first-order valence-corrected chi connectivity index (χ1v) is 18.1. The number of carbonyl (C=O) groups excluding carboxylic acids is 1. The number of esters is 1. The van der Waals surface area contributed by atoms with E-state index in [4.69, 9.17) is 13.9 Å². The van der Waals surface area contributed by atoms with E-state index in [0.717, 1.165) is 25.7 Å². The molecule has 5 heteroatoms. The first-order valence-electron chi connectivity index (χ1n) is 16.2. The highest BCUT2D eigenvalue weighted by Gasteiger charge is 2.56. The minimum absolute atomic E-state index is 0.0437. The van der Waals surface area contributed by atoms with Crippen molar-refractivity contribution in [3.63, 3.8) is 0 Å². The molecule has 0 amide bonds. The summed E-state index contributed by atoms with van der Waals surface area (Å²) in [6.45, 7) is 11.3. The predicted molar refractivity (Wildman–Crippen MR) is 180 cm³/mol. The summed E-state index contributed by atoms with van der Waals surface area (Å²) in [5.41, 5.74) is 1.17. The van der Waals surface area contributed by atoms with E-state index < -0.39 is 13.9 Å². The van der Waals surface area contributed by atoms with Crippen molar-refractivity contribution in [2.24, 2.45) is 11.8 Å². The largest absolute Gasteiger partial charge is 0.453 e. The molecule has 6 atom stereocenters. The Morgan fingerprint density at radius 1 is 0.886 bits per heavy atom. The summed E-state index contributed by atoms with van der Waals surface area (Å²) >= 11 is 0. The van der Waals surface area contributed by atoms with Crippen LogP contribution in [0.25, 0.3) is 0 Å². The first-order chi connectivity index (χ1) is 21.1. The monoisotopic (exact) mass is 606 g/mol. The van der Waals surface area contributed by atoms with Crippen molar-refractivity contribution in [3.8, 4) is 0 Å². The van der Waals surface area contributed by atoms with Gasteiger partial charge in [0.25, 0.3) is 8.32 Å². The summed E-state index contributed by atoms with van der Waals surface area (Å²) in [5.74, 6) is 0.132. The van der Waals surface area contributed by atoms with Gasteiger partial charge >= 0.3 is 5.97 Å². The van der Waals surface area contributed by atoms with Crippen LogP contribution in [0.15, 0.2) is 115 Å². The average Bonchev–Trinajstić information content (AvgIpc) is 3.40. The zero-order valence-corrected chi connectivity index (χ0v) is 27.7. The standard InChI is InChI=1S/C39H46O4Si/c1-28-16-15-25-39(5,42-37(40)29-17-9-6-10-18-29)36-33-24-23-30(27-34(33)35(26-28)41-36)43-44(38(2,3)4,31-19-11-7-12-20-31)32-21-13-8-14-22-32/h6-14,16-24,30,33-36H,15,25-27H2,1-5H3/b28-16-/t30-,33+,34-,35+,36+,39+/m0/s1. The number of rotatable bonds is 6. The maximum absolute atomic E-state index is 13.3. The van der Waals surface area contributed by atoms with Gasteiger partial charge in [-0.15, -0.1) is 0 Å². The van der Waals surface area contributed by atoms with Crippen LogP contribution in [0.4, 0.5) is 0 Å². The van der Waals surface area contributed by atoms with Gasteiger partial charge in [0.2, 0.25) is 0 Å². The van der Waals surface area contributed by atoms with Crippen molar-refractivity contribution >= 4 is 24.7 Å². The molecule has 2 bridgehead atoms. The van der Waals surface area contributed by atoms with Crippen molar-refractivity contribution in [1.29, 1.82) is 0 Å². The summed E-state index contributed by atoms with van der Waals surface area (Å²) in [5, 5.41) is 2.48. The number of hydrogen-bond acceptors (Lipinski definition) is 4. The van der Waals surface area contributed by atoms with Crippen LogP contribution in [0.3, 0.4) is 0 Å². The fourth-order valence-electron chi connectivity index (χ4n) is 7.86. The van der Waals surface area contributed by atoms with Crippen LogP contribution in [-0.2, 0) is 13.9 Å². The molecule has 2 heterocycles. The molecule has 3 aromatic rings. The van der Waals surface area contributed by atoms with Crippen LogP contribution in [0.5, 0.6) is 0 Å². The number of benzene rings is 3. The van der Waals surface area contributed by atoms with Gasteiger partial charge in [0.1, 0.15) is 11.7 Å². The lowest BCUT2D eigenvalue weighted by Crippen LogP contribution is -2.67. The van der Waals surface area contributed by atoms with E-state index in [1.807, 2.05) is 30.3 Å². The number of hydrogen-bond donors (Lipinski definition) is 0. The average molecular weight is 607 g/mol. The molecule has 0 spiro atoms. The second-order valence-electron chi connectivity index (χ2n) is 14.1. The van der Waals surface area contributed by atoms with Gasteiger partial charge < -0.3 is 13.9 Å². The highest BCUT2D eigenvalue weighted by Crippen LogP contribution is 2.49. The molecule has 0 saturated carbocycles. The maximum Gasteiger partial charge on any atom is 0.338 e. The molecule has 3 aliphatic rings. The first kappa shape index (κ1) is 30.8. The Kier molecular flexibility index (Phi) is 8.58. The summed E-state index contributed by atoms with van der Waals surface area (Å²) < 4.78 is 20.9. The molecule has 44 heavy (non-hydrogen) atoms. The Labute approximate surface area is 264 Å². The Balaban J connectivity index is 1.35. The fraction of sp³-hybridized carbons (Fsp3) is 0.410. The van der Waals surface area contributed by atoms with Gasteiger partial charge in [0, 0.05) is 5.92 Å². The van der Waals surface area contributed by atoms with Crippen LogP contribution < -0.4 is 10.4 Å². The Bertz CT molecular complexity index is 1450. The fourth-order valence-corrected chi connectivity index (χ4v) is 12.5. The lowest BCUT2D eigenvalue weighted by atomic mass is 9.73.